The summed E-state index contributed by atoms with van der Waals surface area (Å²) in [6.45, 7) is 0.671. The number of aromatic nitrogens is 2. The summed E-state index contributed by atoms with van der Waals surface area (Å²) in [6.07, 6.45) is 0.898. The van der Waals surface area contributed by atoms with Crippen LogP contribution in [0.15, 0.2) is 48.5 Å². The Hall–Kier alpha value is -2.13. The van der Waals surface area contributed by atoms with Gasteiger partial charge in [-0.3, -0.25) is 5.10 Å². The Morgan fingerprint density at radius 1 is 1.06 bits per heavy atom. The van der Waals surface area contributed by atoms with Gasteiger partial charge in [0, 0.05) is 10.9 Å². The maximum atomic E-state index is 5.61. The number of rotatable bonds is 3. The number of fused-ring (bicyclic) bond motifs is 1. The number of hydrogen-bond acceptors (Lipinski definition) is 2. The Kier molecular flexibility index (Phi) is 2.82. The molecule has 0 unspecified atom stereocenters. The number of nitrogens with two attached hydrogens (primary N) is 1. The zero-order valence-corrected chi connectivity index (χ0v) is 10.1. The van der Waals surface area contributed by atoms with E-state index in [-0.39, 0.29) is 0 Å². The minimum atomic E-state index is 0.671. The van der Waals surface area contributed by atoms with E-state index in [1.54, 1.807) is 0 Å². The van der Waals surface area contributed by atoms with E-state index in [9.17, 15) is 0 Å². The summed E-state index contributed by atoms with van der Waals surface area (Å²) < 4.78 is 0. The molecule has 0 atom stereocenters. The van der Waals surface area contributed by atoms with E-state index in [0.717, 1.165) is 28.6 Å². The van der Waals surface area contributed by atoms with E-state index in [4.69, 9.17) is 5.73 Å². The van der Waals surface area contributed by atoms with Crippen molar-refractivity contribution in [2.75, 3.05) is 6.54 Å². The average Bonchev–Trinajstić information content (AvgIpc) is 2.83. The topological polar surface area (TPSA) is 54.7 Å². The molecule has 90 valence electrons. The minimum Gasteiger partial charge on any atom is -0.330 e. The van der Waals surface area contributed by atoms with Crippen LogP contribution in [0.3, 0.4) is 0 Å². The lowest BCUT2D eigenvalue weighted by atomic mass is 10.0. The Balaban J connectivity index is 2.15. The first kappa shape index (κ1) is 11.0. The van der Waals surface area contributed by atoms with Crippen LogP contribution in [0.2, 0.25) is 0 Å². The molecule has 3 N–H and O–H groups in total. The van der Waals surface area contributed by atoms with Crippen molar-refractivity contribution in [2.24, 2.45) is 5.73 Å². The van der Waals surface area contributed by atoms with Crippen LogP contribution in [-0.4, -0.2) is 16.7 Å². The molecule has 1 heterocycles. The second kappa shape index (κ2) is 4.63. The third-order valence-corrected chi connectivity index (χ3v) is 3.11. The van der Waals surface area contributed by atoms with E-state index in [1.807, 2.05) is 18.2 Å². The quantitative estimate of drug-likeness (QED) is 0.736. The molecule has 0 aliphatic rings. The van der Waals surface area contributed by atoms with E-state index in [1.165, 1.54) is 5.56 Å². The van der Waals surface area contributed by atoms with E-state index in [0.29, 0.717) is 6.54 Å². The van der Waals surface area contributed by atoms with Crippen LogP contribution in [0, 0.1) is 0 Å². The zero-order chi connectivity index (χ0) is 12.4. The molecule has 2 aromatic carbocycles. The molecule has 1 aromatic heterocycles. The molecule has 0 spiro atoms. The van der Waals surface area contributed by atoms with Gasteiger partial charge in [-0.25, -0.2) is 0 Å². The largest absolute Gasteiger partial charge is 0.330 e. The van der Waals surface area contributed by atoms with Gasteiger partial charge in [-0.2, -0.15) is 5.10 Å². The summed E-state index contributed by atoms with van der Waals surface area (Å²) in [6, 6.07) is 16.6. The second-order valence-corrected chi connectivity index (χ2v) is 4.36. The lowest BCUT2D eigenvalue weighted by Crippen LogP contribution is -2.02. The third-order valence-electron chi connectivity index (χ3n) is 3.11. The Morgan fingerprint density at radius 3 is 2.67 bits per heavy atom. The molecule has 3 nitrogen and oxygen atoms in total. The number of nitrogens with zero attached hydrogens (tertiary/aromatic N) is 1. The highest BCUT2D eigenvalue weighted by Crippen LogP contribution is 2.26. The van der Waals surface area contributed by atoms with Crippen molar-refractivity contribution in [3.63, 3.8) is 0 Å². The van der Waals surface area contributed by atoms with Gasteiger partial charge in [0.05, 0.1) is 11.2 Å². The van der Waals surface area contributed by atoms with Crippen molar-refractivity contribution < 1.29 is 0 Å². The van der Waals surface area contributed by atoms with Gasteiger partial charge in [-0.05, 0) is 30.7 Å². The first-order valence-corrected chi connectivity index (χ1v) is 6.11. The van der Waals surface area contributed by atoms with Gasteiger partial charge >= 0.3 is 0 Å². The monoisotopic (exact) mass is 237 g/mol. The molecular formula is C15H15N3. The summed E-state index contributed by atoms with van der Waals surface area (Å²) in [4.78, 5) is 0. The molecule has 18 heavy (non-hydrogen) atoms. The maximum Gasteiger partial charge on any atom is 0.0999 e. The summed E-state index contributed by atoms with van der Waals surface area (Å²) >= 11 is 0. The van der Waals surface area contributed by atoms with Crippen LogP contribution in [0.1, 0.15) is 5.56 Å². The van der Waals surface area contributed by atoms with Crippen LogP contribution in [0.25, 0.3) is 22.2 Å². The van der Waals surface area contributed by atoms with Crippen molar-refractivity contribution >= 4 is 10.9 Å². The summed E-state index contributed by atoms with van der Waals surface area (Å²) in [5.41, 5.74) is 10.1. The molecule has 3 heteroatoms. The average molecular weight is 237 g/mol. The molecule has 0 saturated carbocycles. The third kappa shape index (κ3) is 1.89. The highest BCUT2D eigenvalue weighted by molar-refractivity contribution is 5.93. The normalized spacial score (nSPS) is 10.9. The molecule has 0 aliphatic carbocycles. The molecule has 3 rings (SSSR count). The van der Waals surface area contributed by atoms with Crippen molar-refractivity contribution in [1.29, 1.82) is 0 Å². The maximum absolute atomic E-state index is 5.61. The molecular weight excluding hydrogens is 222 g/mol. The lowest BCUT2D eigenvalue weighted by molar-refractivity contribution is 0.971. The predicted octanol–water partition coefficient (Wildman–Crippen LogP) is 2.73. The number of hydrogen-bond donors (Lipinski definition) is 2. The molecule has 0 bridgehead atoms. The first-order valence-electron chi connectivity index (χ1n) is 6.11. The zero-order valence-electron chi connectivity index (χ0n) is 10.1. The van der Waals surface area contributed by atoms with Gasteiger partial charge in [-0.15, -0.1) is 0 Å². The standard InChI is InChI=1S/C15H15N3/c16-9-8-11-6-7-14-13(10-11)15(18-17-14)12-4-2-1-3-5-12/h1-7,10H,8-9,16H2,(H,17,18). The van der Waals surface area contributed by atoms with Gasteiger partial charge in [0.1, 0.15) is 0 Å². The SMILES string of the molecule is NCCc1ccc2[nH]nc(-c3ccccc3)c2c1. The lowest BCUT2D eigenvalue weighted by Gasteiger charge is -2.00. The first-order chi connectivity index (χ1) is 8.88. The number of nitrogens with one attached hydrogen (secondary N) is 1. The second-order valence-electron chi connectivity index (χ2n) is 4.36. The number of benzene rings is 2. The van der Waals surface area contributed by atoms with Crippen LogP contribution in [-0.2, 0) is 6.42 Å². The van der Waals surface area contributed by atoms with Gasteiger partial charge in [-0.1, -0.05) is 36.4 Å². The van der Waals surface area contributed by atoms with E-state index < -0.39 is 0 Å². The van der Waals surface area contributed by atoms with E-state index >= 15 is 0 Å². The molecule has 3 aromatic rings. The van der Waals surface area contributed by atoms with Crippen molar-refractivity contribution in [3.8, 4) is 11.3 Å². The predicted molar refractivity (Wildman–Crippen MR) is 74.3 cm³/mol. The smallest absolute Gasteiger partial charge is 0.0999 e. The van der Waals surface area contributed by atoms with Crippen LogP contribution in [0.4, 0.5) is 0 Å². The van der Waals surface area contributed by atoms with Crippen molar-refractivity contribution in [1.82, 2.24) is 10.2 Å². The Labute approximate surface area is 106 Å². The fourth-order valence-corrected chi connectivity index (χ4v) is 2.20. The number of H-pyrrole nitrogens is 1. The molecule has 0 fully saturated rings. The Bertz CT molecular complexity index is 656. The van der Waals surface area contributed by atoms with Crippen LogP contribution < -0.4 is 5.73 Å². The fourth-order valence-electron chi connectivity index (χ4n) is 2.20. The van der Waals surface area contributed by atoms with Gasteiger partial charge in [0.2, 0.25) is 0 Å². The van der Waals surface area contributed by atoms with E-state index in [2.05, 4.69) is 40.5 Å². The van der Waals surface area contributed by atoms with Gasteiger partial charge < -0.3 is 5.73 Å². The highest BCUT2D eigenvalue weighted by Gasteiger charge is 2.08. The summed E-state index contributed by atoms with van der Waals surface area (Å²) in [7, 11) is 0. The molecule has 0 amide bonds. The summed E-state index contributed by atoms with van der Waals surface area (Å²) in [5, 5.41) is 8.64. The van der Waals surface area contributed by atoms with Crippen LogP contribution in [0.5, 0.6) is 0 Å². The van der Waals surface area contributed by atoms with Gasteiger partial charge in [0.25, 0.3) is 0 Å². The van der Waals surface area contributed by atoms with Crippen molar-refractivity contribution in [2.45, 2.75) is 6.42 Å². The molecule has 0 saturated heterocycles. The highest BCUT2D eigenvalue weighted by atomic mass is 15.1. The summed E-state index contributed by atoms with van der Waals surface area (Å²) in [5.74, 6) is 0. The Morgan fingerprint density at radius 2 is 1.89 bits per heavy atom. The fraction of sp³-hybridized carbons (Fsp3) is 0.133. The van der Waals surface area contributed by atoms with Gasteiger partial charge in [0.15, 0.2) is 0 Å². The minimum absolute atomic E-state index is 0.671. The van der Waals surface area contributed by atoms with Crippen molar-refractivity contribution in [3.05, 3.63) is 54.1 Å². The molecule has 0 radical (unpaired) electrons. The number of aromatic amines is 1. The van der Waals surface area contributed by atoms with Crippen LogP contribution >= 0.6 is 0 Å². The molecule has 0 aliphatic heterocycles.